The van der Waals surface area contributed by atoms with Crippen LogP contribution in [0.15, 0.2) is 34.8 Å². The van der Waals surface area contributed by atoms with E-state index in [1.165, 1.54) is 0 Å². The lowest BCUT2D eigenvalue weighted by molar-refractivity contribution is -0.133. The summed E-state index contributed by atoms with van der Waals surface area (Å²) in [5.74, 6) is 0.184. The predicted octanol–water partition coefficient (Wildman–Crippen LogP) is 2.47. The maximum absolute atomic E-state index is 12.3. The molecule has 1 aliphatic rings. The second-order valence-corrected chi connectivity index (χ2v) is 6.88. The van der Waals surface area contributed by atoms with Crippen LogP contribution in [0.5, 0.6) is 0 Å². The summed E-state index contributed by atoms with van der Waals surface area (Å²) in [5.41, 5.74) is 0.985. The van der Waals surface area contributed by atoms with Crippen molar-refractivity contribution in [2.45, 2.75) is 13.8 Å². The van der Waals surface area contributed by atoms with Gasteiger partial charge in [0.05, 0.1) is 6.54 Å². The highest BCUT2D eigenvalue weighted by Gasteiger charge is 2.22. The Balaban J connectivity index is 1.82. The third kappa shape index (κ3) is 5.68. The number of likely N-dealkylation sites (N-methyl/N-ethyl adjacent to an activating group) is 1. The van der Waals surface area contributed by atoms with Crippen LogP contribution in [0.3, 0.4) is 0 Å². The van der Waals surface area contributed by atoms with Crippen molar-refractivity contribution in [2.75, 3.05) is 45.8 Å². The zero-order valence-corrected chi connectivity index (χ0v) is 16.5. The Kier molecular flexibility index (Phi) is 7.65. The molecule has 136 valence electrons. The van der Waals surface area contributed by atoms with E-state index in [9.17, 15) is 9.59 Å². The van der Waals surface area contributed by atoms with Gasteiger partial charge in [0.15, 0.2) is 0 Å². The molecule has 0 aliphatic carbocycles. The molecule has 0 unspecified atom stereocenters. The fourth-order valence-corrected chi connectivity index (χ4v) is 3.29. The van der Waals surface area contributed by atoms with Crippen molar-refractivity contribution in [3.63, 3.8) is 0 Å². The number of rotatable bonds is 6. The minimum Gasteiger partial charge on any atom is -0.342 e. The summed E-state index contributed by atoms with van der Waals surface area (Å²) in [6.07, 6.45) is 3.46. The zero-order valence-electron chi connectivity index (χ0n) is 14.9. The number of amides is 2. The smallest absolute Gasteiger partial charge is 0.246 e. The van der Waals surface area contributed by atoms with Gasteiger partial charge >= 0.3 is 0 Å². The summed E-state index contributed by atoms with van der Waals surface area (Å²) < 4.78 is 0.971. The first-order chi connectivity index (χ1) is 12.0. The van der Waals surface area contributed by atoms with Crippen LogP contribution >= 0.6 is 15.9 Å². The lowest BCUT2D eigenvalue weighted by Crippen LogP contribution is -2.51. The first kappa shape index (κ1) is 19.7. The molecule has 0 bridgehead atoms. The summed E-state index contributed by atoms with van der Waals surface area (Å²) >= 11 is 3.48. The molecule has 1 heterocycles. The molecule has 6 heteroatoms. The largest absolute Gasteiger partial charge is 0.342 e. The summed E-state index contributed by atoms with van der Waals surface area (Å²) in [4.78, 5) is 30.3. The average Bonchev–Trinajstić information content (AvgIpc) is 2.62. The molecule has 0 spiro atoms. The van der Waals surface area contributed by atoms with E-state index in [2.05, 4.69) is 20.8 Å². The molecule has 0 atom stereocenters. The molecule has 5 nitrogen and oxygen atoms in total. The van der Waals surface area contributed by atoms with E-state index >= 15 is 0 Å². The van der Waals surface area contributed by atoms with E-state index in [4.69, 9.17) is 0 Å². The highest BCUT2D eigenvalue weighted by molar-refractivity contribution is 9.10. The van der Waals surface area contributed by atoms with Crippen LogP contribution < -0.4 is 0 Å². The van der Waals surface area contributed by atoms with E-state index in [1.807, 2.05) is 54.0 Å². The van der Waals surface area contributed by atoms with Crippen molar-refractivity contribution in [1.29, 1.82) is 0 Å². The lowest BCUT2D eigenvalue weighted by Gasteiger charge is -2.34. The standard InChI is InChI=1S/C19H26BrN3O2/c1-3-22(4-2)19(25)15-21-11-13-23(14-12-21)18(24)10-9-16-7-5-6-8-17(16)20/h5-10H,3-4,11-15H2,1-2H3/b10-9+. The SMILES string of the molecule is CCN(CC)C(=O)CN1CCN(C(=O)/C=C/c2ccccc2Br)CC1. The quantitative estimate of drug-likeness (QED) is 0.680. The fourth-order valence-electron chi connectivity index (χ4n) is 2.87. The molecule has 1 aromatic carbocycles. The number of nitrogens with zero attached hydrogens (tertiary/aromatic N) is 3. The number of hydrogen-bond acceptors (Lipinski definition) is 3. The third-order valence-corrected chi connectivity index (χ3v) is 5.19. The van der Waals surface area contributed by atoms with Crippen LogP contribution in [0, 0.1) is 0 Å². The summed E-state index contributed by atoms with van der Waals surface area (Å²) in [5, 5.41) is 0. The van der Waals surface area contributed by atoms with Crippen molar-refractivity contribution in [3.05, 3.63) is 40.4 Å². The van der Waals surface area contributed by atoms with Crippen LogP contribution in [0.1, 0.15) is 19.4 Å². The van der Waals surface area contributed by atoms with Crippen LogP contribution in [0.4, 0.5) is 0 Å². The molecular formula is C19H26BrN3O2. The fraction of sp³-hybridized carbons (Fsp3) is 0.474. The number of carbonyl (C=O) groups excluding carboxylic acids is 2. The van der Waals surface area contributed by atoms with Gasteiger partial charge in [0.2, 0.25) is 11.8 Å². The van der Waals surface area contributed by atoms with Crippen molar-refractivity contribution in [3.8, 4) is 0 Å². The molecular weight excluding hydrogens is 382 g/mol. The topological polar surface area (TPSA) is 43.9 Å². The highest BCUT2D eigenvalue weighted by atomic mass is 79.9. The van der Waals surface area contributed by atoms with Gasteiger partial charge in [0, 0.05) is 49.8 Å². The Labute approximate surface area is 158 Å². The summed E-state index contributed by atoms with van der Waals surface area (Å²) in [6.45, 7) is 8.71. The number of piperazine rings is 1. The van der Waals surface area contributed by atoms with Crippen LogP contribution in [-0.4, -0.2) is 72.3 Å². The summed E-state index contributed by atoms with van der Waals surface area (Å²) in [6, 6.07) is 7.81. The maximum atomic E-state index is 12.3. The molecule has 25 heavy (non-hydrogen) atoms. The predicted molar refractivity (Wildman–Crippen MR) is 104 cm³/mol. The molecule has 0 aromatic heterocycles. The van der Waals surface area contributed by atoms with Gasteiger partial charge in [0.25, 0.3) is 0 Å². The van der Waals surface area contributed by atoms with Crippen molar-refractivity contribution in [2.24, 2.45) is 0 Å². The summed E-state index contributed by atoms with van der Waals surface area (Å²) in [7, 11) is 0. The monoisotopic (exact) mass is 407 g/mol. The normalized spacial score (nSPS) is 15.6. The molecule has 0 saturated carbocycles. The first-order valence-electron chi connectivity index (χ1n) is 8.76. The number of carbonyl (C=O) groups is 2. The van der Waals surface area contributed by atoms with Crippen LogP contribution in [-0.2, 0) is 9.59 Å². The number of halogens is 1. The van der Waals surface area contributed by atoms with Crippen molar-refractivity contribution < 1.29 is 9.59 Å². The minimum absolute atomic E-state index is 0.0190. The zero-order chi connectivity index (χ0) is 18.2. The Morgan fingerprint density at radius 1 is 1.12 bits per heavy atom. The molecule has 0 radical (unpaired) electrons. The lowest BCUT2D eigenvalue weighted by atomic mass is 10.2. The van der Waals surface area contributed by atoms with Gasteiger partial charge in [-0.3, -0.25) is 14.5 Å². The molecule has 1 aliphatic heterocycles. The number of benzene rings is 1. The van der Waals surface area contributed by atoms with E-state index in [-0.39, 0.29) is 11.8 Å². The van der Waals surface area contributed by atoms with Crippen LogP contribution in [0.25, 0.3) is 6.08 Å². The van der Waals surface area contributed by atoms with Gasteiger partial charge in [-0.05, 0) is 31.6 Å². The first-order valence-corrected chi connectivity index (χ1v) is 9.56. The van der Waals surface area contributed by atoms with E-state index in [0.717, 1.165) is 36.2 Å². The van der Waals surface area contributed by atoms with E-state index in [1.54, 1.807) is 6.08 Å². The number of hydrogen-bond donors (Lipinski definition) is 0. The Bertz CT molecular complexity index is 621. The minimum atomic E-state index is 0.0190. The van der Waals surface area contributed by atoms with Gasteiger partial charge in [0.1, 0.15) is 0 Å². The van der Waals surface area contributed by atoms with E-state index in [0.29, 0.717) is 19.6 Å². The molecule has 1 aromatic rings. The van der Waals surface area contributed by atoms with Crippen molar-refractivity contribution >= 4 is 33.8 Å². The van der Waals surface area contributed by atoms with Gasteiger partial charge < -0.3 is 9.80 Å². The van der Waals surface area contributed by atoms with Gasteiger partial charge in [-0.1, -0.05) is 34.1 Å². The second-order valence-electron chi connectivity index (χ2n) is 6.02. The van der Waals surface area contributed by atoms with Crippen LogP contribution in [0.2, 0.25) is 0 Å². The van der Waals surface area contributed by atoms with E-state index < -0.39 is 0 Å². The molecule has 1 fully saturated rings. The molecule has 1 saturated heterocycles. The van der Waals surface area contributed by atoms with Gasteiger partial charge in [-0.15, -0.1) is 0 Å². The Morgan fingerprint density at radius 2 is 1.76 bits per heavy atom. The molecule has 2 rings (SSSR count). The Hall–Kier alpha value is -1.66. The second kappa shape index (κ2) is 9.73. The van der Waals surface area contributed by atoms with Gasteiger partial charge in [-0.2, -0.15) is 0 Å². The molecule has 0 N–H and O–H groups in total. The maximum Gasteiger partial charge on any atom is 0.246 e. The highest BCUT2D eigenvalue weighted by Crippen LogP contribution is 2.17. The molecule has 2 amide bonds. The van der Waals surface area contributed by atoms with Gasteiger partial charge in [-0.25, -0.2) is 0 Å². The third-order valence-electron chi connectivity index (χ3n) is 4.47. The Morgan fingerprint density at radius 3 is 2.36 bits per heavy atom. The van der Waals surface area contributed by atoms with Crippen molar-refractivity contribution in [1.82, 2.24) is 14.7 Å². The average molecular weight is 408 g/mol.